The summed E-state index contributed by atoms with van der Waals surface area (Å²) in [6, 6.07) is 21.0. The number of carbonyl (C=O) groups excluding carboxylic acids is 4. The van der Waals surface area contributed by atoms with E-state index in [1.165, 1.54) is 12.0 Å². The minimum atomic E-state index is -0.925. The number of rotatable bonds is 6. The van der Waals surface area contributed by atoms with Crippen LogP contribution in [0, 0.1) is 11.8 Å². The first-order chi connectivity index (χ1) is 18.9. The lowest BCUT2D eigenvalue weighted by molar-refractivity contribution is -0.123. The van der Waals surface area contributed by atoms with Gasteiger partial charge in [0.25, 0.3) is 0 Å². The van der Waals surface area contributed by atoms with Crippen molar-refractivity contribution >= 4 is 45.0 Å². The van der Waals surface area contributed by atoms with Gasteiger partial charge in [0.15, 0.2) is 11.6 Å². The Labute approximate surface area is 233 Å². The summed E-state index contributed by atoms with van der Waals surface area (Å²) in [5.74, 6) is -2.44. The van der Waals surface area contributed by atoms with E-state index in [0.717, 1.165) is 0 Å². The molecule has 8 heteroatoms. The largest absolute Gasteiger partial charge is 0.496 e. The van der Waals surface area contributed by atoms with E-state index >= 15 is 0 Å². The molecule has 2 amide bonds. The van der Waals surface area contributed by atoms with Crippen molar-refractivity contribution in [3.05, 3.63) is 118 Å². The van der Waals surface area contributed by atoms with Crippen LogP contribution in [-0.2, 0) is 9.59 Å². The first-order valence-electron chi connectivity index (χ1n) is 12.5. The van der Waals surface area contributed by atoms with Gasteiger partial charge >= 0.3 is 0 Å². The number of carbonyl (C=O) groups is 4. The molecule has 6 rings (SSSR count). The van der Waals surface area contributed by atoms with Gasteiger partial charge < -0.3 is 9.64 Å². The molecule has 194 valence electrons. The van der Waals surface area contributed by atoms with Gasteiger partial charge in [-0.1, -0.05) is 54.6 Å². The highest BCUT2D eigenvalue weighted by molar-refractivity contribution is 9.10. The van der Waals surface area contributed by atoms with Crippen molar-refractivity contribution in [3.63, 3.8) is 0 Å². The third-order valence-corrected chi connectivity index (χ3v) is 8.19. The second-order valence-corrected chi connectivity index (χ2v) is 10.5. The van der Waals surface area contributed by atoms with E-state index in [1.807, 2.05) is 6.07 Å². The Morgan fingerprint density at radius 1 is 0.846 bits per heavy atom. The Kier molecular flexibility index (Phi) is 6.27. The molecule has 0 spiro atoms. The van der Waals surface area contributed by atoms with Crippen LogP contribution in [0.2, 0.25) is 0 Å². The van der Waals surface area contributed by atoms with Crippen LogP contribution in [0.1, 0.15) is 20.7 Å². The molecule has 0 aliphatic carbocycles. The lowest BCUT2D eigenvalue weighted by Crippen LogP contribution is -2.46. The maximum Gasteiger partial charge on any atom is 0.240 e. The van der Waals surface area contributed by atoms with Crippen LogP contribution in [0.5, 0.6) is 5.75 Å². The summed E-state index contributed by atoms with van der Waals surface area (Å²) >= 11 is 3.44. The molecule has 2 saturated heterocycles. The number of allylic oxidation sites excluding steroid dienone is 2. The van der Waals surface area contributed by atoms with Crippen LogP contribution < -0.4 is 9.64 Å². The number of anilines is 1. The van der Waals surface area contributed by atoms with Gasteiger partial charge in [0.05, 0.1) is 35.1 Å². The third kappa shape index (κ3) is 4.03. The molecule has 0 N–H and O–H groups in total. The van der Waals surface area contributed by atoms with Crippen LogP contribution >= 0.6 is 15.9 Å². The van der Waals surface area contributed by atoms with E-state index in [2.05, 4.69) is 15.9 Å². The first-order valence-corrected chi connectivity index (χ1v) is 13.3. The Balaban J connectivity index is 1.43. The highest BCUT2D eigenvalue weighted by atomic mass is 79.9. The number of ether oxygens (including phenoxy) is 1. The average Bonchev–Trinajstić information content (AvgIpc) is 3.44. The van der Waals surface area contributed by atoms with Crippen LogP contribution in [0.25, 0.3) is 0 Å². The van der Waals surface area contributed by atoms with Crippen molar-refractivity contribution in [1.29, 1.82) is 0 Å². The van der Waals surface area contributed by atoms with Gasteiger partial charge in [0.2, 0.25) is 11.8 Å². The summed E-state index contributed by atoms with van der Waals surface area (Å²) < 4.78 is 5.90. The number of methoxy groups -OCH3 is 1. The number of hydrogen-bond donors (Lipinski definition) is 0. The summed E-state index contributed by atoms with van der Waals surface area (Å²) in [4.78, 5) is 57.9. The normalized spacial score (nSPS) is 23.4. The molecule has 3 aromatic carbocycles. The lowest BCUT2D eigenvalue weighted by Gasteiger charge is -2.32. The highest BCUT2D eigenvalue weighted by Gasteiger charge is 2.63. The van der Waals surface area contributed by atoms with Crippen molar-refractivity contribution in [2.75, 3.05) is 12.0 Å². The molecular weight excluding hydrogens is 560 g/mol. The van der Waals surface area contributed by atoms with E-state index in [1.54, 1.807) is 96.0 Å². The molecule has 39 heavy (non-hydrogen) atoms. The van der Waals surface area contributed by atoms with E-state index in [-0.39, 0.29) is 17.5 Å². The average molecular weight is 583 g/mol. The molecule has 3 heterocycles. The maximum atomic E-state index is 14.0. The zero-order chi connectivity index (χ0) is 27.3. The zero-order valence-corrected chi connectivity index (χ0v) is 22.4. The molecule has 7 nitrogen and oxygen atoms in total. The number of ketones is 2. The Morgan fingerprint density at radius 3 is 2.18 bits per heavy atom. The van der Waals surface area contributed by atoms with Crippen LogP contribution in [0.15, 0.2) is 107 Å². The lowest BCUT2D eigenvalue weighted by atomic mass is 9.85. The van der Waals surface area contributed by atoms with Crippen LogP contribution in [0.3, 0.4) is 0 Å². The van der Waals surface area contributed by atoms with Crippen LogP contribution in [-0.4, -0.2) is 47.5 Å². The van der Waals surface area contributed by atoms with Gasteiger partial charge in [-0.3, -0.25) is 19.2 Å². The number of fused-ring (bicyclic) bond motifs is 3. The Morgan fingerprint density at radius 2 is 1.51 bits per heavy atom. The van der Waals surface area contributed by atoms with Crippen molar-refractivity contribution in [3.8, 4) is 5.75 Å². The molecule has 0 bridgehead atoms. The fraction of sp³-hybridized carbons (Fsp3) is 0.161. The minimum Gasteiger partial charge on any atom is -0.496 e. The topological polar surface area (TPSA) is 84.0 Å². The summed E-state index contributed by atoms with van der Waals surface area (Å²) in [5, 5.41) is 0. The molecule has 4 atom stereocenters. The zero-order valence-electron chi connectivity index (χ0n) is 20.9. The van der Waals surface area contributed by atoms with E-state index in [9.17, 15) is 19.2 Å². The molecule has 3 aliphatic rings. The third-order valence-electron chi connectivity index (χ3n) is 7.57. The van der Waals surface area contributed by atoms with Gasteiger partial charge in [0, 0.05) is 22.9 Å². The number of benzene rings is 3. The second kappa shape index (κ2) is 9.78. The Bertz CT molecular complexity index is 1570. The fourth-order valence-corrected chi connectivity index (χ4v) is 6.32. The van der Waals surface area contributed by atoms with Gasteiger partial charge in [-0.25, -0.2) is 4.90 Å². The summed E-state index contributed by atoms with van der Waals surface area (Å²) in [5.41, 5.74) is 1.78. The van der Waals surface area contributed by atoms with E-state index < -0.39 is 29.8 Å². The SMILES string of the molecule is COc1ccc(C(=O)[C@@H]2[C@H]3C(=O)N(c4ccccc4)C(=O)[C@@H]3[C@H]3C=C(C(=O)c4ccccc4)C=CN32)cc1Br. The van der Waals surface area contributed by atoms with Crippen LogP contribution in [0.4, 0.5) is 5.69 Å². The van der Waals surface area contributed by atoms with Crippen molar-refractivity contribution in [1.82, 2.24) is 4.90 Å². The number of amides is 2. The molecule has 3 aromatic rings. The van der Waals surface area contributed by atoms with E-state index in [4.69, 9.17) is 4.74 Å². The van der Waals surface area contributed by atoms with Crippen molar-refractivity contribution in [2.45, 2.75) is 12.1 Å². The number of hydrogen-bond acceptors (Lipinski definition) is 6. The summed E-state index contributed by atoms with van der Waals surface area (Å²) in [6.07, 6.45) is 5.05. The predicted octanol–water partition coefficient (Wildman–Crippen LogP) is 4.84. The summed E-state index contributed by atoms with van der Waals surface area (Å²) in [7, 11) is 1.54. The fourth-order valence-electron chi connectivity index (χ4n) is 5.78. The van der Waals surface area contributed by atoms with Crippen molar-refractivity contribution < 1.29 is 23.9 Å². The van der Waals surface area contributed by atoms with Gasteiger partial charge in [-0.2, -0.15) is 0 Å². The molecule has 3 aliphatic heterocycles. The minimum absolute atomic E-state index is 0.186. The van der Waals surface area contributed by atoms with Gasteiger partial charge in [-0.15, -0.1) is 0 Å². The molecule has 0 unspecified atom stereocenters. The van der Waals surface area contributed by atoms with Crippen molar-refractivity contribution in [2.24, 2.45) is 11.8 Å². The number of nitrogens with zero attached hydrogens (tertiary/aromatic N) is 2. The quantitative estimate of drug-likeness (QED) is 0.305. The standard InChI is InChI=1S/C31H23BrN2O5/c1-39-24-13-12-19(16-22(24)32)29(36)27-26-25(30(37)34(31(26)38)21-10-6-3-7-11-21)23-17-20(14-15-33(23)27)28(35)18-8-4-2-5-9-18/h2-17,23,25-27H,1H3/t23-,25-,26+,27+/m1/s1. The Hall–Kier alpha value is -4.30. The maximum absolute atomic E-state index is 14.0. The van der Waals surface area contributed by atoms with Gasteiger partial charge in [0.1, 0.15) is 11.8 Å². The number of para-hydroxylation sites is 1. The molecule has 0 radical (unpaired) electrons. The molecule has 0 saturated carbocycles. The number of Topliss-reactive ketones (excluding diaryl/α,β-unsaturated/α-hetero) is 2. The monoisotopic (exact) mass is 582 g/mol. The molecule has 0 aromatic heterocycles. The molecular formula is C31H23BrN2O5. The number of imide groups is 1. The number of halogens is 1. The second-order valence-electron chi connectivity index (χ2n) is 9.63. The highest BCUT2D eigenvalue weighted by Crippen LogP contribution is 2.47. The van der Waals surface area contributed by atoms with E-state index in [0.29, 0.717) is 32.6 Å². The van der Waals surface area contributed by atoms with Gasteiger partial charge in [-0.05, 0) is 52.3 Å². The summed E-state index contributed by atoms with van der Waals surface area (Å²) in [6.45, 7) is 0. The first kappa shape index (κ1) is 25.0. The smallest absolute Gasteiger partial charge is 0.240 e. The molecule has 2 fully saturated rings. The predicted molar refractivity (Wildman–Crippen MR) is 148 cm³/mol.